The third kappa shape index (κ3) is 2.71. The molecule has 0 spiro atoms. The molecule has 4 aromatic rings. The van der Waals surface area contributed by atoms with E-state index in [2.05, 4.69) is 45.0 Å². The molecule has 5 rings (SSSR count). The van der Waals surface area contributed by atoms with Gasteiger partial charge in [0, 0.05) is 27.9 Å². The third-order valence-electron chi connectivity index (χ3n) is 5.68. The van der Waals surface area contributed by atoms with Gasteiger partial charge in [0.2, 0.25) is 0 Å². The summed E-state index contributed by atoms with van der Waals surface area (Å²) in [6.45, 7) is 4.60. The zero-order chi connectivity index (χ0) is 17.5. The van der Waals surface area contributed by atoms with Gasteiger partial charge in [-0.25, -0.2) is 4.57 Å². The van der Waals surface area contributed by atoms with Gasteiger partial charge in [-0.05, 0) is 55.6 Å². The van der Waals surface area contributed by atoms with E-state index in [0.29, 0.717) is 5.75 Å². The first-order chi connectivity index (χ1) is 12.8. The first kappa shape index (κ1) is 15.6. The number of nitrogens with one attached hydrogen (secondary N) is 1. The topological polar surface area (TPSA) is 43.1 Å². The van der Waals surface area contributed by atoms with Gasteiger partial charge in [0.25, 0.3) is 0 Å². The standard InChI is InChI=1S/C22H23N3O/c26-17-5-7-20-18(14-17)22-19-15-25(13-12-24-9-2-1-3-10-24)11-8-16(19)4-6-21(22)23-20/h4-8,11,14-15,26H,1-3,9-10,12-13H2/p+1. The van der Waals surface area contributed by atoms with Gasteiger partial charge in [0.05, 0.1) is 11.9 Å². The average molecular weight is 346 g/mol. The summed E-state index contributed by atoms with van der Waals surface area (Å²) < 4.78 is 2.30. The molecule has 0 saturated carbocycles. The minimum Gasteiger partial charge on any atom is -0.508 e. The van der Waals surface area contributed by atoms with E-state index >= 15 is 0 Å². The molecule has 0 atom stereocenters. The van der Waals surface area contributed by atoms with E-state index in [1.54, 1.807) is 6.07 Å². The van der Waals surface area contributed by atoms with E-state index in [1.807, 2.05) is 12.1 Å². The number of nitrogens with zero attached hydrogens (tertiary/aromatic N) is 2. The summed E-state index contributed by atoms with van der Waals surface area (Å²) in [4.78, 5) is 6.05. The molecule has 0 unspecified atom stereocenters. The molecular weight excluding hydrogens is 322 g/mol. The lowest BCUT2D eigenvalue weighted by atomic mass is 10.1. The fraction of sp³-hybridized carbons (Fsp3) is 0.318. The van der Waals surface area contributed by atoms with Crippen molar-refractivity contribution in [1.29, 1.82) is 0 Å². The van der Waals surface area contributed by atoms with Crippen molar-refractivity contribution in [3.05, 3.63) is 48.8 Å². The smallest absolute Gasteiger partial charge is 0.177 e. The number of aromatic hydroxyl groups is 1. The molecular formula is C22H24N3O+. The van der Waals surface area contributed by atoms with E-state index in [1.165, 1.54) is 48.5 Å². The highest BCUT2D eigenvalue weighted by Gasteiger charge is 2.14. The van der Waals surface area contributed by atoms with Crippen LogP contribution in [0.25, 0.3) is 32.6 Å². The summed E-state index contributed by atoms with van der Waals surface area (Å²) in [6.07, 6.45) is 8.50. The summed E-state index contributed by atoms with van der Waals surface area (Å²) in [5.74, 6) is 0.310. The summed E-state index contributed by atoms with van der Waals surface area (Å²) in [6, 6.07) is 12.0. The second-order valence-electron chi connectivity index (χ2n) is 7.43. The number of pyridine rings is 1. The number of aromatic nitrogens is 2. The molecule has 2 N–H and O–H groups in total. The van der Waals surface area contributed by atoms with Gasteiger partial charge in [-0.3, -0.25) is 4.90 Å². The lowest BCUT2D eigenvalue weighted by Gasteiger charge is -2.24. The van der Waals surface area contributed by atoms with Crippen molar-refractivity contribution in [1.82, 2.24) is 9.88 Å². The van der Waals surface area contributed by atoms with Crippen LogP contribution in [-0.2, 0) is 6.54 Å². The Balaban J connectivity index is 1.58. The van der Waals surface area contributed by atoms with Gasteiger partial charge in [-0.15, -0.1) is 0 Å². The van der Waals surface area contributed by atoms with E-state index in [-0.39, 0.29) is 0 Å². The van der Waals surface area contributed by atoms with Crippen molar-refractivity contribution >= 4 is 32.6 Å². The zero-order valence-corrected chi connectivity index (χ0v) is 14.9. The van der Waals surface area contributed by atoms with Crippen LogP contribution in [0, 0.1) is 0 Å². The highest BCUT2D eigenvalue weighted by atomic mass is 16.3. The quantitative estimate of drug-likeness (QED) is 0.552. The number of likely N-dealkylation sites (tertiary alicyclic amines) is 1. The van der Waals surface area contributed by atoms with E-state index in [4.69, 9.17) is 0 Å². The van der Waals surface area contributed by atoms with Crippen LogP contribution >= 0.6 is 0 Å². The largest absolute Gasteiger partial charge is 0.508 e. The van der Waals surface area contributed by atoms with Gasteiger partial charge in [-0.1, -0.05) is 12.5 Å². The van der Waals surface area contributed by atoms with Gasteiger partial charge in [-0.2, -0.15) is 0 Å². The fourth-order valence-corrected chi connectivity index (χ4v) is 4.27. The maximum Gasteiger partial charge on any atom is 0.177 e. The van der Waals surface area contributed by atoms with Crippen LogP contribution in [0.4, 0.5) is 0 Å². The molecule has 4 heteroatoms. The number of piperidine rings is 1. The van der Waals surface area contributed by atoms with Crippen molar-refractivity contribution in [3.63, 3.8) is 0 Å². The number of hydrogen-bond acceptors (Lipinski definition) is 2. The van der Waals surface area contributed by atoms with Gasteiger partial charge < -0.3 is 10.1 Å². The Kier molecular flexibility index (Phi) is 3.79. The zero-order valence-electron chi connectivity index (χ0n) is 14.9. The first-order valence-corrected chi connectivity index (χ1v) is 9.56. The number of phenols is 1. The summed E-state index contributed by atoms with van der Waals surface area (Å²) in [5, 5.41) is 14.7. The number of hydrogen-bond donors (Lipinski definition) is 2. The molecule has 1 saturated heterocycles. The molecule has 4 nitrogen and oxygen atoms in total. The molecule has 0 amide bonds. The van der Waals surface area contributed by atoms with Gasteiger partial charge >= 0.3 is 0 Å². The van der Waals surface area contributed by atoms with Crippen molar-refractivity contribution in [2.24, 2.45) is 0 Å². The molecule has 2 aromatic heterocycles. The number of phenolic OH excluding ortho intramolecular Hbond substituents is 1. The minimum atomic E-state index is 0.310. The van der Waals surface area contributed by atoms with E-state index in [9.17, 15) is 5.11 Å². The van der Waals surface area contributed by atoms with Crippen molar-refractivity contribution in [3.8, 4) is 5.75 Å². The van der Waals surface area contributed by atoms with Crippen molar-refractivity contribution in [2.75, 3.05) is 19.6 Å². The number of benzene rings is 2. The second kappa shape index (κ2) is 6.29. The Morgan fingerprint density at radius 3 is 2.69 bits per heavy atom. The summed E-state index contributed by atoms with van der Waals surface area (Å²) in [5.41, 5.74) is 2.18. The Bertz CT molecular complexity index is 1090. The van der Waals surface area contributed by atoms with Crippen LogP contribution in [0.5, 0.6) is 5.75 Å². The SMILES string of the molecule is Oc1ccc2[nH]c3ccc4cc[n+](CCN5CCCCC5)cc4c3c2c1. The lowest BCUT2D eigenvalue weighted by molar-refractivity contribution is -0.695. The highest BCUT2D eigenvalue weighted by molar-refractivity contribution is 6.19. The molecule has 1 aliphatic rings. The van der Waals surface area contributed by atoms with Crippen LogP contribution in [0.15, 0.2) is 48.8 Å². The molecule has 3 heterocycles. The Hall–Kier alpha value is -2.59. The van der Waals surface area contributed by atoms with Crippen LogP contribution in [0.3, 0.4) is 0 Å². The molecule has 26 heavy (non-hydrogen) atoms. The maximum atomic E-state index is 9.94. The highest BCUT2D eigenvalue weighted by Crippen LogP contribution is 2.33. The van der Waals surface area contributed by atoms with Gasteiger partial charge in [0.15, 0.2) is 18.9 Å². The van der Waals surface area contributed by atoms with Crippen LogP contribution in [0.1, 0.15) is 19.3 Å². The van der Waals surface area contributed by atoms with Crippen molar-refractivity contribution in [2.45, 2.75) is 25.8 Å². The molecule has 132 valence electrons. The monoisotopic (exact) mass is 346 g/mol. The van der Waals surface area contributed by atoms with Crippen LogP contribution in [-0.4, -0.2) is 34.6 Å². The molecule has 0 radical (unpaired) electrons. The molecule has 0 bridgehead atoms. The van der Waals surface area contributed by atoms with E-state index in [0.717, 1.165) is 29.5 Å². The molecule has 1 aliphatic heterocycles. The predicted octanol–water partition coefficient (Wildman–Crippen LogP) is 3.95. The number of rotatable bonds is 3. The maximum absolute atomic E-state index is 9.94. The van der Waals surface area contributed by atoms with Crippen LogP contribution < -0.4 is 4.57 Å². The molecule has 1 fully saturated rings. The molecule has 2 aromatic carbocycles. The Morgan fingerprint density at radius 1 is 0.962 bits per heavy atom. The Labute approximate surface area is 152 Å². The van der Waals surface area contributed by atoms with Gasteiger partial charge in [0.1, 0.15) is 5.75 Å². The average Bonchev–Trinajstić information content (AvgIpc) is 3.05. The summed E-state index contributed by atoms with van der Waals surface area (Å²) in [7, 11) is 0. The third-order valence-corrected chi connectivity index (χ3v) is 5.68. The number of aromatic amines is 1. The predicted molar refractivity (Wildman–Crippen MR) is 105 cm³/mol. The number of H-pyrrole nitrogens is 1. The fourth-order valence-electron chi connectivity index (χ4n) is 4.27. The lowest BCUT2D eigenvalue weighted by Crippen LogP contribution is -2.41. The number of fused-ring (bicyclic) bond motifs is 5. The minimum absolute atomic E-state index is 0.310. The first-order valence-electron chi connectivity index (χ1n) is 9.56. The normalized spacial score (nSPS) is 16.0. The molecule has 0 aliphatic carbocycles. The van der Waals surface area contributed by atoms with Crippen LogP contribution in [0.2, 0.25) is 0 Å². The van der Waals surface area contributed by atoms with Crippen molar-refractivity contribution < 1.29 is 9.67 Å². The summed E-state index contributed by atoms with van der Waals surface area (Å²) >= 11 is 0. The second-order valence-corrected chi connectivity index (χ2v) is 7.43. The Morgan fingerprint density at radius 2 is 1.81 bits per heavy atom. The van der Waals surface area contributed by atoms with E-state index < -0.39 is 0 Å².